The molecule has 0 aromatic heterocycles. The topological polar surface area (TPSA) is 350 Å². The van der Waals surface area contributed by atoms with Crippen LogP contribution in [0.1, 0.15) is 38.5 Å². The minimum atomic E-state index is -1.92. The van der Waals surface area contributed by atoms with Crippen LogP contribution in [0.25, 0.3) is 0 Å². The molecule has 4 aliphatic rings. The molecule has 0 saturated carbocycles. The van der Waals surface area contributed by atoms with Crippen LogP contribution in [0.3, 0.4) is 0 Å². The van der Waals surface area contributed by atoms with Crippen molar-refractivity contribution in [1.82, 2.24) is 10.4 Å². The summed E-state index contributed by atoms with van der Waals surface area (Å²) in [4.78, 5) is 52.1. The molecular weight excluding hydrogens is 724 g/mol. The number of unbranched alkanes of at least 4 members (excludes halogenated alkanes) is 1. The molecule has 304 valence electrons. The third kappa shape index (κ3) is 10.8. The van der Waals surface area contributed by atoms with E-state index in [2.05, 4.69) is 5.32 Å². The fourth-order valence-electron chi connectivity index (χ4n) is 5.88. The van der Waals surface area contributed by atoms with Crippen LogP contribution in [0.5, 0.6) is 0 Å². The Hall–Kier alpha value is -2.56. The number of aliphatic hydroxyl groups is 10. The SMILES string of the molecule is O=C(CCCCC(=O)ON1C(=O)CCC1=O)NCCO[C@H]1O[C@H](CO[C@H]2O[C@H](CO)[C@@H](O)[C@H](O)[C@@H]2O)[C@@H](O)[C@H](O[C@H]2O[C@H](CO)[C@@H](O)[C@H](O)[C@@H]2O)[C@@H]1O. The minimum Gasteiger partial charge on any atom is -0.394 e. The van der Waals surface area contributed by atoms with Crippen LogP contribution in [-0.2, 0) is 52.4 Å². The molecule has 3 amide bonds. The number of ether oxygens (including phenoxy) is 6. The third-order valence-corrected chi connectivity index (χ3v) is 8.99. The van der Waals surface area contributed by atoms with E-state index in [0.717, 1.165) is 0 Å². The maximum atomic E-state index is 12.3. The van der Waals surface area contributed by atoms with Crippen LogP contribution >= 0.6 is 0 Å². The summed E-state index contributed by atoms with van der Waals surface area (Å²) in [7, 11) is 0. The van der Waals surface area contributed by atoms with Crippen LogP contribution in [0.2, 0.25) is 0 Å². The van der Waals surface area contributed by atoms with E-state index < -0.39 is 136 Å². The van der Waals surface area contributed by atoms with Crippen molar-refractivity contribution >= 4 is 23.7 Å². The van der Waals surface area contributed by atoms with E-state index in [9.17, 15) is 70.2 Å². The number of aliphatic hydroxyl groups excluding tert-OH is 10. The van der Waals surface area contributed by atoms with Crippen LogP contribution in [0.15, 0.2) is 0 Å². The molecule has 15 atom stereocenters. The van der Waals surface area contributed by atoms with Crippen LogP contribution in [0, 0.1) is 0 Å². The first kappa shape index (κ1) is 43.2. The lowest BCUT2D eigenvalue weighted by Gasteiger charge is -2.46. The number of amides is 3. The molecule has 0 aromatic carbocycles. The van der Waals surface area contributed by atoms with Gasteiger partial charge in [0.2, 0.25) is 5.91 Å². The van der Waals surface area contributed by atoms with E-state index in [4.69, 9.17) is 33.3 Å². The molecule has 23 nitrogen and oxygen atoms in total. The van der Waals surface area contributed by atoms with Gasteiger partial charge in [-0.1, -0.05) is 0 Å². The fraction of sp³-hybridized carbons (Fsp3) is 0.867. The number of hydrogen-bond donors (Lipinski definition) is 11. The highest BCUT2D eigenvalue weighted by Gasteiger charge is 2.52. The Labute approximate surface area is 301 Å². The van der Waals surface area contributed by atoms with Gasteiger partial charge in [0.15, 0.2) is 18.9 Å². The highest BCUT2D eigenvalue weighted by Crippen LogP contribution is 2.31. The van der Waals surface area contributed by atoms with E-state index in [-0.39, 0.29) is 51.7 Å². The standard InChI is InChI=1S/C30H48N2O21/c33-9-12-19(39)22(42)24(44)28(49-12)48-11-14-21(41)27(52-30-25(45)23(43)20(40)13(10-34)50-30)26(46)29(51-14)47-8-7-31-15(35)3-1-2-4-18(38)53-32-16(36)5-6-17(32)37/h12-14,19-30,33-34,39-46H,1-11H2,(H,31,35)/t12-,13-,14-,19-,20-,21-,22+,23+,24+,25+,26+,27+,28+,29+,30-/m1/s1. The first-order valence-electron chi connectivity index (χ1n) is 17.0. The number of carbonyl (C=O) groups is 4. The van der Waals surface area contributed by atoms with E-state index in [0.29, 0.717) is 5.06 Å². The second kappa shape index (κ2) is 19.9. The van der Waals surface area contributed by atoms with Gasteiger partial charge >= 0.3 is 5.97 Å². The van der Waals surface area contributed by atoms with E-state index >= 15 is 0 Å². The number of hydrogen-bond acceptors (Lipinski definition) is 21. The zero-order valence-corrected chi connectivity index (χ0v) is 28.3. The number of carbonyl (C=O) groups excluding carboxylic acids is 4. The Kier molecular flexibility index (Phi) is 16.2. The van der Waals surface area contributed by atoms with E-state index in [1.807, 2.05) is 0 Å². The molecule has 0 aromatic rings. The zero-order chi connectivity index (χ0) is 39.0. The lowest BCUT2D eigenvalue weighted by Crippen LogP contribution is -2.65. The van der Waals surface area contributed by atoms with Crippen molar-refractivity contribution in [1.29, 1.82) is 0 Å². The number of hydroxylamine groups is 2. The Morgan fingerprint density at radius 3 is 1.79 bits per heavy atom. The quantitative estimate of drug-likeness (QED) is 0.0483. The van der Waals surface area contributed by atoms with Crippen molar-refractivity contribution in [3.8, 4) is 0 Å². The van der Waals surface area contributed by atoms with Gasteiger partial charge in [-0.15, -0.1) is 5.06 Å². The minimum absolute atomic E-state index is 0.0179. The molecule has 11 N–H and O–H groups in total. The maximum absolute atomic E-state index is 12.3. The summed E-state index contributed by atoms with van der Waals surface area (Å²) >= 11 is 0. The van der Waals surface area contributed by atoms with E-state index in [1.54, 1.807) is 0 Å². The number of rotatable bonds is 17. The third-order valence-electron chi connectivity index (χ3n) is 8.99. The van der Waals surface area contributed by atoms with Crippen molar-refractivity contribution < 1.29 is 104 Å². The average molecular weight is 773 g/mol. The number of nitrogens with zero attached hydrogens (tertiary/aromatic N) is 1. The summed E-state index contributed by atoms with van der Waals surface area (Å²) in [6.07, 6.45) is -25.2. The van der Waals surface area contributed by atoms with Crippen LogP contribution in [0.4, 0.5) is 0 Å². The summed E-state index contributed by atoms with van der Waals surface area (Å²) < 4.78 is 33.0. The Morgan fingerprint density at radius 1 is 0.660 bits per heavy atom. The molecule has 4 fully saturated rings. The molecule has 0 spiro atoms. The first-order valence-corrected chi connectivity index (χ1v) is 17.0. The molecule has 23 heteroatoms. The Balaban J connectivity index is 1.30. The molecule has 4 rings (SSSR count). The van der Waals surface area contributed by atoms with Gasteiger partial charge in [-0.2, -0.15) is 0 Å². The summed E-state index contributed by atoms with van der Waals surface area (Å²) in [5.41, 5.74) is 0. The zero-order valence-electron chi connectivity index (χ0n) is 28.3. The summed E-state index contributed by atoms with van der Waals surface area (Å²) in [5, 5.41) is 105. The second-order valence-electron chi connectivity index (χ2n) is 12.8. The molecule has 0 radical (unpaired) electrons. The average Bonchev–Trinajstić information content (AvgIpc) is 3.45. The largest absolute Gasteiger partial charge is 0.394 e. The lowest BCUT2D eigenvalue weighted by molar-refractivity contribution is -0.366. The maximum Gasteiger partial charge on any atom is 0.333 e. The molecular formula is C30H48N2O21. The smallest absolute Gasteiger partial charge is 0.333 e. The van der Waals surface area contributed by atoms with E-state index in [1.165, 1.54) is 0 Å². The van der Waals surface area contributed by atoms with Crippen molar-refractivity contribution in [3.63, 3.8) is 0 Å². The summed E-state index contributed by atoms with van der Waals surface area (Å²) in [6.45, 7) is -2.62. The highest BCUT2D eigenvalue weighted by molar-refractivity contribution is 6.01. The Bertz CT molecular complexity index is 1210. The van der Waals surface area contributed by atoms with Gasteiger partial charge in [0.25, 0.3) is 11.8 Å². The molecule has 4 saturated heterocycles. The highest BCUT2D eigenvalue weighted by atomic mass is 16.8. The molecule has 0 bridgehead atoms. The second-order valence-corrected chi connectivity index (χ2v) is 12.8. The van der Waals surface area contributed by atoms with Gasteiger partial charge in [0, 0.05) is 32.2 Å². The monoisotopic (exact) mass is 772 g/mol. The van der Waals surface area contributed by atoms with Crippen molar-refractivity contribution in [2.24, 2.45) is 0 Å². The number of nitrogens with one attached hydrogen (secondary N) is 1. The van der Waals surface area contributed by atoms with Gasteiger partial charge < -0.3 is 89.6 Å². The van der Waals surface area contributed by atoms with Gasteiger partial charge in [0.1, 0.15) is 73.2 Å². The van der Waals surface area contributed by atoms with Crippen molar-refractivity contribution in [3.05, 3.63) is 0 Å². The molecule has 4 aliphatic heterocycles. The van der Waals surface area contributed by atoms with Gasteiger partial charge in [-0.05, 0) is 12.8 Å². The molecule has 0 unspecified atom stereocenters. The summed E-state index contributed by atoms with van der Waals surface area (Å²) in [6, 6.07) is 0. The fourth-order valence-corrected chi connectivity index (χ4v) is 5.88. The van der Waals surface area contributed by atoms with Crippen molar-refractivity contribution in [2.75, 3.05) is 33.0 Å². The molecule has 53 heavy (non-hydrogen) atoms. The predicted octanol–water partition coefficient (Wildman–Crippen LogP) is -7.26. The molecule has 4 heterocycles. The Morgan fingerprint density at radius 2 is 1.19 bits per heavy atom. The van der Waals surface area contributed by atoms with Crippen LogP contribution in [-0.4, -0.2) is 205 Å². The number of imide groups is 1. The van der Waals surface area contributed by atoms with Crippen LogP contribution < -0.4 is 5.32 Å². The normalized spacial score (nSPS) is 39.3. The molecule has 0 aliphatic carbocycles. The van der Waals surface area contributed by atoms with Gasteiger partial charge in [-0.25, -0.2) is 4.79 Å². The van der Waals surface area contributed by atoms with Gasteiger partial charge in [-0.3, -0.25) is 14.4 Å². The van der Waals surface area contributed by atoms with Crippen molar-refractivity contribution in [2.45, 2.75) is 131 Å². The first-order chi connectivity index (χ1) is 25.2. The predicted molar refractivity (Wildman–Crippen MR) is 164 cm³/mol. The van der Waals surface area contributed by atoms with Gasteiger partial charge in [0.05, 0.1) is 26.4 Å². The summed E-state index contributed by atoms with van der Waals surface area (Å²) in [5.74, 6) is -2.46. The lowest BCUT2D eigenvalue weighted by atomic mass is 9.96.